The molecular weight excluding hydrogens is 454 g/mol. The number of carbonyl (C=O) groups is 3. The van der Waals surface area contributed by atoms with E-state index in [0.717, 1.165) is 21.8 Å². The summed E-state index contributed by atoms with van der Waals surface area (Å²) >= 11 is 0. The van der Waals surface area contributed by atoms with Gasteiger partial charge in [0.25, 0.3) is 11.8 Å². The van der Waals surface area contributed by atoms with Crippen molar-refractivity contribution in [1.29, 1.82) is 0 Å². The molecule has 180 valence electrons. The van der Waals surface area contributed by atoms with Gasteiger partial charge in [0.2, 0.25) is 0 Å². The molecule has 36 heavy (non-hydrogen) atoms. The van der Waals surface area contributed by atoms with E-state index < -0.39 is 23.4 Å². The number of carbonyl (C=O) groups excluding carboxylic acids is 3. The highest BCUT2D eigenvalue weighted by Crippen LogP contribution is 2.32. The van der Waals surface area contributed by atoms with Crippen molar-refractivity contribution in [2.75, 3.05) is 0 Å². The molecule has 1 aliphatic heterocycles. The summed E-state index contributed by atoms with van der Waals surface area (Å²) in [6, 6.07) is 25.3. The van der Waals surface area contributed by atoms with Crippen LogP contribution in [0.2, 0.25) is 0 Å². The Morgan fingerprint density at radius 1 is 0.944 bits per heavy atom. The number of rotatable bonds is 6. The van der Waals surface area contributed by atoms with Gasteiger partial charge in [0.1, 0.15) is 11.2 Å². The lowest BCUT2D eigenvalue weighted by molar-refractivity contribution is -0.133. The third-order valence-electron chi connectivity index (χ3n) is 6.48. The summed E-state index contributed by atoms with van der Waals surface area (Å²) in [5.41, 5.74) is 5.11. The Kier molecular flexibility index (Phi) is 5.85. The second-order valence-corrected chi connectivity index (χ2v) is 8.62. The number of hydrazine groups is 1. The maximum absolute atomic E-state index is 13.5. The molecule has 0 radical (unpaired) electrons. The van der Waals surface area contributed by atoms with Crippen molar-refractivity contribution < 1.29 is 14.4 Å². The predicted molar refractivity (Wildman–Crippen MR) is 135 cm³/mol. The molecule has 1 saturated heterocycles. The van der Waals surface area contributed by atoms with Crippen LogP contribution in [-0.4, -0.2) is 32.6 Å². The number of aromatic nitrogens is 2. The number of hydrogen-bond donors (Lipinski definition) is 2. The number of benzene rings is 3. The first-order valence-electron chi connectivity index (χ1n) is 11.7. The highest BCUT2D eigenvalue weighted by molar-refractivity contribution is 6.10. The zero-order valence-electron chi connectivity index (χ0n) is 19.9. The Bertz CT molecular complexity index is 1450. The minimum absolute atomic E-state index is 0.238. The van der Waals surface area contributed by atoms with Crippen LogP contribution in [0.4, 0.5) is 4.79 Å². The van der Waals surface area contributed by atoms with Crippen molar-refractivity contribution in [2.24, 2.45) is 0 Å². The summed E-state index contributed by atoms with van der Waals surface area (Å²) in [6.45, 7) is 3.75. The van der Waals surface area contributed by atoms with Gasteiger partial charge in [0.05, 0.1) is 11.3 Å². The van der Waals surface area contributed by atoms with Crippen LogP contribution < -0.4 is 10.7 Å². The molecule has 2 heterocycles. The van der Waals surface area contributed by atoms with Crippen LogP contribution in [0.15, 0.2) is 91.1 Å². The molecule has 4 amide bonds. The average molecular weight is 480 g/mol. The number of aryl methyl sites for hydroxylation is 1. The maximum atomic E-state index is 13.5. The highest BCUT2D eigenvalue weighted by atomic mass is 16.2. The number of nitrogens with zero attached hydrogens (tertiary/aromatic N) is 3. The van der Waals surface area contributed by atoms with Crippen molar-refractivity contribution in [1.82, 2.24) is 25.5 Å². The molecule has 1 aromatic heterocycles. The number of imide groups is 1. The zero-order chi connectivity index (χ0) is 25.3. The largest absolute Gasteiger partial charge is 0.344 e. The van der Waals surface area contributed by atoms with E-state index in [1.165, 1.54) is 0 Å². The molecule has 0 aliphatic carbocycles. The van der Waals surface area contributed by atoms with Crippen LogP contribution in [0, 0.1) is 6.92 Å². The number of urea groups is 1. The lowest BCUT2D eigenvalue weighted by Crippen LogP contribution is -2.48. The molecule has 4 aromatic rings. The van der Waals surface area contributed by atoms with E-state index in [4.69, 9.17) is 0 Å². The molecule has 5 rings (SSSR count). The van der Waals surface area contributed by atoms with Gasteiger partial charge in [-0.1, -0.05) is 79.7 Å². The summed E-state index contributed by atoms with van der Waals surface area (Å²) < 4.78 is 1.61. The van der Waals surface area contributed by atoms with Crippen LogP contribution in [0.5, 0.6) is 0 Å². The highest BCUT2D eigenvalue weighted by Gasteiger charge is 2.52. The van der Waals surface area contributed by atoms with E-state index in [1.54, 1.807) is 35.1 Å². The number of amides is 4. The molecule has 8 heteroatoms. The normalized spacial score (nSPS) is 17.2. The number of nitrogens with one attached hydrogen (secondary N) is 2. The number of hydrogen-bond acceptors (Lipinski definition) is 4. The molecule has 0 unspecified atom stereocenters. The first-order valence-corrected chi connectivity index (χ1v) is 11.7. The lowest BCUT2D eigenvalue weighted by atomic mass is 9.87. The average Bonchev–Trinajstić information content (AvgIpc) is 3.46. The smallest absolute Gasteiger partial charge is 0.318 e. The Morgan fingerprint density at radius 3 is 2.25 bits per heavy atom. The molecule has 8 nitrogen and oxygen atoms in total. The second kappa shape index (κ2) is 9.14. The van der Waals surface area contributed by atoms with E-state index in [0.29, 0.717) is 17.7 Å². The van der Waals surface area contributed by atoms with E-state index in [9.17, 15) is 14.4 Å². The van der Waals surface area contributed by atoms with Gasteiger partial charge in [0.15, 0.2) is 0 Å². The summed E-state index contributed by atoms with van der Waals surface area (Å²) in [7, 11) is 0. The summed E-state index contributed by atoms with van der Waals surface area (Å²) in [5.74, 6) is -1.15. The first kappa shape index (κ1) is 23.0. The van der Waals surface area contributed by atoms with Crippen molar-refractivity contribution in [3.63, 3.8) is 0 Å². The van der Waals surface area contributed by atoms with Crippen LogP contribution in [-0.2, 0) is 10.3 Å². The molecule has 1 aliphatic rings. The van der Waals surface area contributed by atoms with E-state index in [-0.39, 0.29) is 5.56 Å². The Labute approximate surface area is 208 Å². The Hall–Kier alpha value is -4.72. The SMILES string of the molecule is CC[C@@]1(c2ccccc2)NC(=O)N(NC(=O)c2cn(-c3ccccc3)nc2-c2ccccc2C)C1=O. The fourth-order valence-electron chi connectivity index (χ4n) is 4.49. The fraction of sp³-hybridized carbons (Fsp3) is 0.143. The van der Waals surface area contributed by atoms with Crippen LogP contribution in [0.25, 0.3) is 16.9 Å². The maximum Gasteiger partial charge on any atom is 0.344 e. The standard InChI is InChI=1S/C28H25N5O3/c1-3-28(20-13-6-4-7-14-20)26(35)33(27(36)29-28)31-25(34)23-18-32(21-15-8-5-9-16-21)30-24(23)22-17-11-10-12-19(22)2/h4-18H,3H2,1-2H3,(H,29,36)(H,31,34)/t28-/m0/s1. The van der Waals surface area contributed by atoms with Crippen LogP contribution in [0.1, 0.15) is 34.8 Å². The summed E-state index contributed by atoms with van der Waals surface area (Å²) in [5, 5.41) is 8.23. The van der Waals surface area contributed by atoms with Crippen molar-refractivity contribution in [3.8, 4) is 16.9 Å². The van der Waals surface area contributed by atoms with Crippen molar-refractivity contribution >= 4 is 17.8 Å². The topological polar surface area (TPSA) is 96.3 Å². The van der Waals surface area contributed by atoms with Gasteiger partial charge >= 0.3 is 6.03 Å². The molecule has 1 fully saturated rings. The van der Waals surface area contributed by atoms with Crippen LogP contribution >= 0.6 is 0 Å². The predicted octanol–water partition coefficient (Wildman–Crippen LogP) is 4.35. The monoisotopic (exact) mass is 479 g/mol. The van der Waals surface area contributed by atoms with Gasteiger partial charge in [-0.3, -0.25) is 15.0 Å². The molecular formula is C28H25N5O3. The Morgan fingerprint density at radius 2 is 1.58 bits per heavy atom. The van der Waals surface area contributed by atoms with E-state index in [2.05, 4.69) is 15.8 Å². The van der Waals surface area contributed by atoms with Gasteiger partial charge in [-0.25, -0.2) is 9.48 Å². The van der Waals surface area contributed by atoms with Gasteiger partial charge in [-0.2, -0.15) is 10.1 Å². The third kappa shape index (κ3) is 3.82. The molecule has 1 atom stereocenters. The van der Waals surface area contributed by atoms with Gasteiger partial charge < -0.3 is 5.32 Å². The minimum atomic E-state index is -1.25. The molecule has 2 N–H and O–H groups in total. The molecule has 0 spiro atoms. The van der Waals surface area contributed by atoms with E-state index in [1.807, 2.05) is 74.5 Å². The zero-order valence-corrected chi connectivity index (χ0v) is 19.9. The Balaban J connectivity index is 1.52. The lowest BCUT2D eigenvalue weighted by Gasteiger charge is -2.25. The van der Waals surface area contributed by atoms with Gasteiger partial charge in [-0.15, -0.1) is 0 Å². The van der Waals surface area contributed by atoms with E-state index >= 15 is 0 Å². The minimum Gasteiger partial charge on any atom is -0.318 e. The van der Waals surface area contributed by atoms with Crippen LogP contribution in [0.3, 0.4) is 0 Å². The van der Waals surface area contributed by atoms with Gasteiger partial charge in [-0.05, 0) is 36.6 Å². The third-order valence-corrected chi connectivity index (χ3v) is 6.48. The summed E-state index contributed by atoms with van der Waals surface area (Å²) in [6.07, 6.45) is 1.93. The van der Waals surface area contributed by atoms with Gasteiger partial charge in [0, 0.05) is 11.8 Å². The fourth-order valence-corrected chi connectivity index (χ4v) is 4.49. The molecule has 0 bridgehead atoms. The van der Waals surface area contributed by atoms with Crippen molar-refractivity contribution in [2.45, 2.75) is 25.8 Å². The quantitative estimate of drug-likeness (QED) is 0.402. The van der Waals surface area contributed by atoms with Crippen molar-refractivity contribution in [3.05, 3.63) is 108 Å². The number of para-hydroxylation sites is 1. The molecule has 3 aromatic carbocycles. The molecule has 0 saturated carbocycles. The summed E-state index contributed by atoms with van der Waals surface area (Å²) in [4.78, 5) is 39.9. The second-order valence-electron chi connectivity index (χ2n) is 8.62. The first-order chi connectivity index (χ1) is 17.4.